The lowest BCUT2D eigenvalue weighted by atomic mass is 10.2. The molecule has 10 nitrogen and oxygen atoms in total. The van der Waals surface area contributed by atoms with Crippen LogP contribution >= 0.6 is 0 Å². The van der Waals surface area contributed by atoms with Crippen LogP contribution in [-0.2, 0) is 6.54 Å². The standard InChI is InChI=1S/C11H12N6O4/c12-14-10(18)8-3-1-2-4-9(8)21-6-5-16-7-13-11(15-16)17(19)20/h1-4,7H,5-6,12H2,(H,14,18). The summed E-state index contributed by atoms with van der Waals surface area (Å²) in [6.07, 6.45) is 1.24. The highest BCUT2D eigenvalue weighted by molar-refractivity contribution is 5.96. The molecule has 0 aliphatic carbocycles. The molecule has 0 saturated heterocycles. The molecule has 0 aliphatic heterocycles. The van der Waals surface area contributed by atoms with Gasteiger partial charge in [-0.25, -0.2) is 5.84 Å². The fourth-order valence-corrected chi connectivity index (χ4v) is 1.58. The molecule has 10 heteroatoms. The van der Waals surface area contributed by atoms with Crippen LogP contribution in [0, 0.1) is 10.1 Å². The molecular formula is C11H12N6O4. The minimum absolute atomic E-state index is 0.162. The third kappa shape index (κ3) is 3.51. The van der Waals surface area contributed by atoms with Gasteiger partial charge >= 0.3 is 5.95 Å². The molecule has 0 aliphatic rings. The quantitative estimate of drug-likeness (QED) is 0.327. The van der Waals surface area contributed by atoms with Gasteiger partial charge in [0.25, 0.3) is 5.91 Å². The number of benzene rings is 1. The van der Waals surface area contributed by atoms with Crippen molar-refractivity contribution in [2.75, 3.05) is 6.61 Å². The number of carbonyl (C=O) groups excluding carboxylic acids is 1. The third-order valence-electron chi connectivity index (χ3n) is 2.53. The van der Waals surface area contributed by atoms with Gasteiger partial charge in [-0.3, -0.25) is 10.2 Å². The Bertz CT molecular complexity index is 656. The number of aromatic nitrogens is 3. The molecule has 1 heterocycles. The zero-order valence-electron chi connectivity index (χ0n) is 10.8. The summed E-state index contributed by atoms with van der Waals surface area (Å²) < 4.78 is 6.74. The number of hydrogen-bond acceptors (Lipinski definition) is 7. The van der Waals surface area contributed by atoms with Crippen LogP contribution in [0.4, 0.5) is 5.95 Å². The van der Waals surface area contributed by atoms with Crippen molar-refractivity contribution in [2.45, 2.75) is 6.54 Å². The second kappa shape index (κ2) is 6.43. The fraction of sp³-hybridized carbons (Fsp3) is 0.182. The molecule has 2 aromatic rings. The number of nitrogens with two attached hydrogens (primary N) is 1. The smallest absolute Gasteiger partial charge is 0.490 e. The molecule has 0 atom stereocenters. The molecule has 2 rings (SSSR count). The maximum Gasteiger partial charge on any atom is 0.490 e. The van der Waals surface area contributed by atoms with Crippen LogP contribution in [0.15, 0.2) is 30.6 Å². The SMILES string of the molecule is NNC(=O)c1ccccc1OCCn1cnc([N+](=O)[O-])n1. The Morgan fingerprint density at radius 3 is 2.90 bits per heavy atom. The molecule has 0 spiro atoms. The number of amides is 1. The van der Waals surface area contributed by atoms with Gasteiger partial charge in [-0.1, -0.05) is 17.1 Å². The third-order valence-corrected chi connectivity index (χ3v) is 2.53. The summed E-state index contributed by atoms with van der Waals surface area (Å²) in [7, 11) is 0. The Morgan fingerprint density at radius 1 is 1.48 bits per heavy atom. The second-order valence-electron chi connectivity index (χ2n) is 3.88. The summed E-state index contributed by atoms with van der Waals surface area (Å²) in [4.78, 5) is 24.8. The topological polar surface area (TPSA) is 138 Å². The highest BCUT2D eigenvalue weighted by Gasteiger charge is 2.14. The molecule has 0 unspecified atom stereocenters. The molecule has 110 valence electrons. The van der Waals surface area contributed by atoms with E-state index in [-0.39, 0.29) is 13.2 Å². The van der Waals surface area contributed by atoms with Crippen molar-refractivity contribution in [1.82, 2.24) is 20.2 Å². The first kappa shape index (κ1) is 14.4. The van der Waals surface area contributed by atoms with Crippen molar-refractivity contribution in [3.05, 3.63) is 46.3 Å². The Morgan fingerprint density at radius 2 is 2.24 bits per heavy atom. The lowest BCUT2D eigenvalue weighted by molar-refractivity contribution is -0.394. The van der Waals surface area contributed by atoms with Crippen molar-refractivity contribution in [1.29, 1.82) is 0 Å². The van der Waals surface area contributed by atoms with Crippen molar-refractivity contribution in [3.63, 3.8) is 0 Å². The molecule has 0 fully saturated rings. The molecule has 0 saturated carbocycles. The van der Waals surface area contributed by atoms with Crippen LogP contribution in [0.25, 0.3) is 0 Å². The second-order valence-corrected chi connectivity index (χ2v) is 3.88. The van der Waals surface area contributed by atoms with E-state index in [1.54, 1.807) is 24.3 Å². The van der Waals surface area contributed by atoms with Gasteiger partial charge in [0.05, 0.1) is 12.1 Å². The first-order valence-corrected chi connectivity index (χ1v) is 5.88. The number of ether oxygens (including phenoxy) is 1. The Hall–Kier alpha value is -3.01. The molecule has 1 aromatic heterocycles. The van der Waals surface area contributed by atoms with Gasteiger partial charge in [-0.2, -0.15) is 4.68 Å². The molecule has 1 amide bonds. The summed E-state index contributed by atoms with van der Waals surface area (Å²) in [6, 6.07) is 6.58. The van der Waals surface area contributed by atoms with E-state index in [4.69, 9.17) is 10.6 Å². The number of nitrogens with zero attached hydrogens (tertiary/aromatic N) is 4. The number of nitro groups is 1. The average molecular weight is 292 g/mol. The predicted molar refractivity (Wildman–Crippen MR) is 70.3 cm³/mol. The monoisotopic (exact) mass is 292 g/mol. The number of nitrogen functional groups attached to an aromatic ring is 1. The number of rotatable bonds is 6. The van der Waals surface area contributed by atoms with E-state index in [1.165, 1.54) is 11.0 Å². The number of para-hydroxylation sites is 1. The van der Waals surface area contributed by atoms with E-state index in [2.05, 4.69) is 10.1 Å². The number of hydrogen-bond donors (Lipinski definition) is 2. The molecule has 3 N–H and O–H groups in total. The lowest BCUT2D eigenvalue weighted by Crippen LogP contribution is -2.30. The van der Waals surface area contributed by atoms with Crippen LogP contribution in [-0.4, -0.2) is 32.2 Å². The molecule has 0 radical (unpaired) electrons. The zero-order chi connectivity index (χ0) is 15.2. The van der Waals surface area contributed by atoms with Gasteiger partial charge in [-0.15, -0.1) is 0 Å². The lowest BCUT2D eigenvalue weighted by Gasteiger charge is -2.09. The highest BCUT2D eigenvalue weighted by Crippen LogP contribution is 2.17. The first-order chi connectivity index (χ1) is 10.1. The summed E-state index contributed by atoms with van der Waals surface area (Å²) in [5.74, 6) is 4.49. The van der Waals surface area contributed by atoms with Gasteiger partial charge < -0.3 is 14.9 Å². The Kier molecular flexibility index (Phi) is 4.41. The highest BCUT2D eigenvalue weighted by atomic mass is 16.6. The first-order valence-electron chi connectivity index (χ1n) is 5.88. The van der Waals surface area contributed by atoms with E-state index in [1.807, 2.05) is 5.43 Å². The molecule has 21 heavy (non-hydrogen) atoms. The van der Waals surface area contributed by atoms with E-state index in [9.17, 15) is 14.9 Å². The van der Waals surface area contributed by atoms with E-state index in [0.29, 0.717) is 11.3 Å². The minimum Gasteiger partial charge on any atom is -0.491 e. The van der Waals surface area contributed by atoms with Crippen LogP contribution in [0.1, 0.15) is 10.4 Å². The largest absolute Gasteiger partial charge is 0.491 e. The number of hydrazine groups is 1. The van der Waals surface area contributed by atoms with E-state index < -0.39 is 16.8 Å². The Labute approximate surface area is 118 Å². The van der Waals surface area contributed by atoms with Gasteiger partial charge in [-0.05, 0) is 17.1 Å². The van der Waals surface area contributed by atoms with Crippen molar-refractivity contribution in [3.8, 4) is 5.75 Å². The van der Waals surface area contributed by atoms with E-state index in [0.717, 1.165) is 0 Å². The average Bonchev–Trinajstić information content (AvgIpc) is 2.96. The van der Waals surface area contributed by atoms with Crippen LogP contribution in [0.2, 0.25) is 0 Å². The van der Waals surface area contributed by atoms with Gasteiger partial charge in [0.2, 0.25) is 6.33 Å². The minimum atomic E-state index is -0.682. The fourth-order valence-electron chi connectivity index (χ4n) is 1.58. The summed E-state index contributed by atoms with van der Waals surface area (Å²) in [5, 5.41) is 14.1. The van der Waals surface area contributed by atoms with E-state index >= 15 is 0 Å². The normalized spacial score (nSPS) is 10.1. The molecule has 1 aromatic carbocycles. The van der Waals surface area contributed by atoms with Crippen LogP contribution < -0.4 is 16.0 Å². The maximum atomic E-state index is 11.5. The van der Waals surface area contributed by atoms with Crippen molar-refractivity contribution < 1.29 is 14.5 Å². The van der Waals surface area contributed by atoms with Crippen LogP contribution in [0.3, 0.4) is 0 Å². The molecule has 0 bridgehead atoms. The summed E-state index contributed by atoms with van der Waals surface area (Å²) >= 11 is 0. The van der Waals surface area contributed by atoms with Gasteiger partial charge in [0.1, 0.15) is 12.4 Å². The number of nitrogens with one attached hydrogen (secondary N) is 1. The van der Waals surface area contributed by atoms with Crippen molar-refractivity contribution in [2.24, 2.45) is 5.84 Å². The number of carbonyl (C=O) groups is 1. The van der Waals surface area contributed by atoms with Gasteiger partial charge in [0, 0.05) is 5.10 Å². The maximum absolute atomic E-state index is 11.5. The summed E-state index contributed by atoms with van der Waals surface area (Å²) in [5.41, 5.74) is 2.32. The zero-order valence-corrected chi connectivity index (χ0v) is 10.8. The van der Waals surface area contributed by atoms with Gasteiger partial charge in [0.15, 0.2) is 0 Å². The Balaban J connectivity index is 1.97. The summed E-state index contributed by atoms with van der Waals surface area (Å²) in [6.45, 7) is 0.412. The van der Waals surface area contributed by atoms with Crippen molar-refractivity contribution >= 4 is 11.9 Å². The predicted octanol–water partition coefficient (Wildman–Crippen LogP) is -0.131. The molecular weight excluding hydrogens is 280 g/mol. The van der Waals surface area contributed by atoms with Crippen LogP contribution in [0.5, 0.6) is 5.75 Å².